The lowest BCUT2D eigenvalue weighted by Gasteiger charge is -1.98. The summed E-state index contributed by atoms with van der Waals surface area (Å²) in [7, 11) is 0. The van der Waals surface area contributed by atoms with E-state index in [1.54, 1.807) is 0 Å². The van der Waals surface area contributed by atoms with E-state index in [-0.39, 0.29) is 5.76 Å². The van der Waals surface area contributed by atoms with Crippen LogP contribution in [0.1, 0.15) is 22.0 Å². The summed E-state index contributed by atoms with van der Waals surface area (Å²) in [6.07, 6.45) is 2.52. The fourth-order valence-corrected chi connectivity index (χ4v) is 1.55. The highest BCUT2D eigenvalue weighted by atomic mass is 35.5. The van der Waals surface area contributed by atoms with Crippen LogP contribution in [0.2, 0.25) is 5.02 Å². The van der Waals surface area contributed by atoms with Crippen molar-refractivity contribution in [2.24, 2.45) is 0 Å². The van der Waals surface area contributed by atoms with E-state index in [1.807, 2.05) is 24.3 Å². The number of oxazole rings is 1. The van der Waals surface area contributed by atoms with Crippen LogP contribution in [0.3, 0.4) is 0 Å². The second-order valence-electron chi connectivity index (χ2n) is 3.55. The zero-order chi connectivity index (χ0) is 12.3. The topological polar surface area (TPSA) is 63.3 Å². The number of hydrogen-bond acceptors (Lipinski definition) is 3. The largest absolute Gasteiger partial charge is 0.475 e. The Bertz CT molecular complexity index is 519. The Labute approximate surface area is 103 Å². The number of hydrogen-bond donors (Lipinski definition) is 1. The third-order valence-corrected chi connectivity index (χ3v) is 2.56. The molecular formula is C12H10ClNO3. The number of carbonyl (C=O) groups is 1. The molecule has 1 aromatic carbocycles. The van der Waals surface area contributed by atoms with Gasteiger partial charge < -0.3 is 9.52 Å². The van der Waals surface area contributed by atoms with Crippen molar-refractivity contribution in [2.75, 3.05) is 0 Å². The molecule has 0 spiro atoms. The molecule has 0 saturated carbocycles. The smallest absolute Gasteiger partial charge is 0.373 e. The lowest BCUT2D eigenvalue weighted by atomic mass is 10.1. The highest BCUT2D eigenvalue weighted by Gasteiger charge is 2.10. The Morgan fingerprint density at radius 2 is 2.00 bits per heavy atom. The minimum Gasteiger partial charge on any atom is -0.475 e. The number of aromatic nitrogens is 1. The predicted molar refractivity (Wildman–Crippen MR) is 62.3 cm³/mol. The first-order valence-electron chi connectivity index (χ1n) is 5.07. The van der Waals surface area contributed by atoms with E-state index in [4.69, 9.17) is 21.1 Å². The van der Waals surface area contributed by atoms with Crippen LogP contribution in [0.15, 0.2) is 34.9 Å². The molecule has 0 aliphatic carbocycles. The van der Waals surface area contributed by atoms with Crippen LogP contribution < -0.4 is 0 Å². The van der Waals surface area contributed by atoms with Crippen LogP contribution in [0.25, 0.3) is 0 Å². The fourth-order valence-electron chi connectivity index (χ4n) is 1.43. The molecule has 17 heavy (non-hydrogen) atoms. The van der Waals surface area contributed by atoms with E-state index in [0.717, 1.165) is 12.0 Å². The van der Waals surface area contributed by atoms with E-state index >= 15 is 0 Å². The average molecular weight is 252 g/mol. The molecule has 0 saturated heterocycles. The van der Waals surface area contributed by atoms with Crippen molar-refractivity contribution < 1.29 is 14.3 Å². The summed E-state index contributed by atoms with van der Waals surface area (Å²) in [5.41, 5.74) is 1.10. The van der Waals surface area contributed by atoms with Crippen LogP contribution in [0, 0.1) is 0 Å². The Balaban J connectivity index is 1.97. The molecule has 1 heterocycles. The Morgan fingerprint density at radius 3 is 2.59 bits per heavy atom. The van der Waals surface area contributed by atoms with E-state index in [1.165, 1.54) is 6.20 Å². The predicted octanol–water partition coefficient (Wildman–Crippen LogP) is 2.81. The second-order valence-corrected chi connectivity index (χ2v) is 3.99. The van der Waals surface area contributed by atoms with Gasteiger partial charge in [0.1, 0.15) is 0 Å². The number of aryl methyl sites for hydroxylation is 2. The molecular weight excluding hydrogens is 242 g/mol. The molecule has 1 aromatic heterocycles. The number of nitrogens with zero attached hydrogens (tertiary/aromatic N) is 1. The number of rotatable bonds is 4. The van der Waals surface area contributed by atoms with Gasteiger partial charge >= 0.3 is 5.97 Å². The van der Waals surface area contributed by atoms with Crippen LogP contribution in [0.5, 0.6) is 0 Å². The van der Waals surface area contributed by atoms with Gasteiger partial charge in [-0.05, 0) is 24.1 Å². The summed E-state index contributed by atoms with van der Waals surface area (Å²) in [5, 5.41) is 9.36. The van der Waals surface area contributed by atoms with Gasteiger partial charge in [-0.1, -0.05) is 23.7 Å². The lowest BCUT2D eigenvalue weighted by Crippen LogP contribution is -1.93. The van der Waals surface area contributed by atoms with Crippen LogP contribution in [0.4, 0.5) is 0 Å². The molecule has 4 nitrogen and oxygen atoms in total. The highest BCUT2D eigenvalue weighted by Crippen LogP contribution is 2.12. The summed E-state index contributed by atoms with van der Waals surface area (Å²) < 4.78 is 5.05. The van der Waals surface area contributed by atoms with Crippen molar-refractivity contribution in [1.82, 2.24) is 4.98 Å². The number of carboxylic acids is 1. The summed E-state index contributed by atoms with van der Waals surface area (Å²) in [5.74, 6) is -0.802. The van der Waals surface area contributed by atoms with Gasteiger partial charge in [-0.3, -0.25) is 0 Å². The van der Waals surface area contributed by atoms with Gasteiger partial charge in [0.25, 0.3) is 0 Å². The molecule has 0 bridgehead atoms. The monoisotopic (exact) mass is 251 g/mol. The van der Waals surface area contributed by atoms with Crippen molar-refractivity contribution in [2.45, 2.75) is 12.8 Å². The van der Waals surface area contributed by atoms with Crippen molar-refractivity contribution in [3.8, 4) is 0 Å². The van der Waals surface area contributed by atoms with Crippen LogP contribution >= 0.6 is 11.6 Å². The average Bonchev–Trinajstić information content (AvgIpc) is 2.77. The summed E-state index contributed by atoms with van der Waals surface area (Å²) in [4.78, 5) is 14.5. The second kappa shape index (κ2) is 5.01. The molecule has 0 amide bonds. The summed E-state index contributed by atoms with van der Waals surface area (Å²) in [6, 6.07) is 7.47. The maximum absolute atomic E-state index is 10.6. The molecule has 88 valence electrons. The van der Waals surface area contributed by atoms with E-state index in [9.17, 15) is 4.79 Å². The van der Waals surface area contributed by atoms with E-state index in [0.29, 0.717) is 17.3 Å². The van der Waals surface area contributed by atoms with Gasteiger partial charge in [-0.25, -0.2) is 9.78 Å². The summed E-state index contributed by atoms with van der Waals surface area (Å²) in [6.45, 7) is 0. The molecule has 0 radical (unpaired) electrons. The quantitative estimate of drug-likeness (QED) is 0.908. The van der Waals surface area contributed by atoms with Crippen molar-refractivity contribution in [3.05, 3.63) is 52.7 Å². The molecule has 0 aliphatic heterocycles. The minimum absolute atomic E-state index is 0.129. The maximum Gasteiger partial charge on any atom is 0.373 e. The first-order chi connectivity index (χ1) is 8.15. The minimum atomic E-state index is -1.10. The number of benzene rings is 1. The van der Waals surface area contributed by atoms with Gasteiger partial charge in [0.15, 0.2) is 5.89 Å². The molecule has 0 atom stereocenters. The molecule has 0 aliphatic rings. The highest BCUT2D eigenvalue weighted by molar-refractivity contribution is 6.30. The van der Waals surface area contributed by atoms with Crippen LogP contribution in [-0.4, -0.2) is 16.1 Å². The van der Waals surface area contributed by atoms with Crippen LogP contribution in [-0.2, 0) is 12.8 Å². The van der Waals surface area contributed by atoms with Gasteiger partial charge in [-0.15, -0.1) is 0 Å². The molecule has 0 unspecified atom stereocenters. The normalized spacial score (nSPS) is 10.4. The van der Waals surface area contributed by atoms with Crippen molar-refractivity contribution in [3.63, 3.8) is 0 Å². The zero-order valence-corrected chi connectivity index (χ0v) is 9.65. The molecule has 1 N–H and O–H groups in total. The van der Waals surface area contributed by atoms with Gasteiger partial charge in [0.2, 0.25) is 5.76 Å². The Kier molecular flexibility index (Phi) is 3.44. The molecule has 0 fully saturated rings. The number of aromatic carboxylic acids is 1. The molecule has 2 rings (SSSR count). The van der Waals surface area contributed by atoms with Gasteiger partial charge in [-0.2, -0.15) is 0 Å². The standard InChI is InChI=1S/C12H10ClNO3/c13-9-4-1-8(2-5-9)3-6-11-14-7-10(17-11)12(15)16/h1-2,4-5,7H,3,6H2,(H,15,16). The molecule has 2 aromatic rings. The zero-order valence-electron chi connectivity index (χ0n) is 8.89. The Morgan fingerprint density at radius 1 is 1.29 bits per heavy atom. The molecule has 5 heteroatoms. The van der Waals surface area contributed by atoms with Gasteiger partial charge in [0.05, 0.1) is 6.20 Å². The van der Waals surface area contributed by atoms with Crippen molar-refractivity contribution in [1.29, 1.82) is 0 Å². The SMILES string of the molecule is O=C(O)c1cnc(CCc2ccc(Cl)cc2)o1. The maximum atomic E-state index is 10.6. The van der Waals surface area contributed by atoms with Crippen molar-refractivity contribution >= 4 is 17.6 Å². The van der Waals surface area contributed by atoms with E-state index in [2.05, 4.69) is 4.98 Å². The lowest BCUT2D eigenvalue weighted by molar-refractivity contribution is 0.0660. The van der Waals surface area contributed by atoms with Gasteiger partial charge in [0, 0.05) is 11.4 Å². The summed E-state index contributed by atoms with van der Waals surface area (Å²) >= 11 is 5.77. The first kappa shape index (κ1) is 11.7. The number of halogens is 1. The van der Waals surface area contributed by atoms with E-state index < -0.39 is 5.97 Å². The fraction of sp³-hybridized carbons (Fsp3) is 0.167. The third-order valence-electron chi connectivity index (χ3n) is 2.31. The first-order valence-corrected chi connectivity index (χ1v) is 5.45. The Hall–Kier alpha value is -1.81. The number of carboxylic acid groups (broad SMARTS) is 1. The third kappa shape index (κ3) is 3.07.